The van der Waals surface area contributed by atoms with Gasteiger partial charge in [-0.15, -0.1) is 0 Å². The average Bonchev–Trinajstić information content (AvgIpc) is 3.16. The molecule has 0 radical (unpaired) electrons. The molecule has 0 unspecified atom stereocenters. The van der Waals surface area contributed by atoms with Crippen molar-refractivity contribution in [1.82, 2.24) is 29.7 Å². The fourth-order valence-corrected chi connectivity index (χ4v) is 2.68. The normalized spacial score (nSPS) is 15.5. The molecule has 0 aliphatic heterocycles. The van der Waals surface area contributed by atoms with Crippen molar-refractivity contribution in [3.8, 4) is 5.95 Å². The Morgan fingerprint density at radius 2 is 2.10 bits per heavy atom. The maximum atomic E-state index is 9.31. The highest BCUT2D eigenvalue weighted by Crippen LogP contribution is 2.26. The lowest BCUT2D eigenvalue weighted by molar-refractivity contribution is 0.296. The molecule has 0 aromatic carbocycles. The summed E-state index contributed by atoms with van der Waals surface area (Å²) in [5.74, 6) is 0.941. The van der Waals surface area contributed by atoms with Crippen LogP contribution in [0.1, 0.15) is 25.7 Å². The van der Waals surface area contributed by atoms with E-state index in [1.165, 1.54) is 30.2 Å². The van der Waals surface area contributed by atoms with Gasteiger partial charge in [0.15, 0.2) is 0 Å². The quantitative estimate of drug-likeness (QED) is 0.775. The Hall–Kier alpha value is -2.29. The zero-order valence-corrected chi connectivity index (χ0v) is 11.6. The molecule has 21 heavy (non-hydrogen) atoms. The predicted molar refractivity (Wildman–Crippen MR) is 75.8 cm³/mol. The molecule has 0 spiro atoms. The lowest BCUT2D eigenvalue weighted by atomic mass is 10.2. The van der Waals surface area contributed by atoms with E-state index in [0.717, 1.165) is 12.8 Å². The van der Waals surface area contributed by atoms with E-state index < -0.39 is 0 Å². The van der Waals surface area contributed by atoms with E-state index in [0.29, 0.717) is 24.5 Å². The van der Waals surface area contributed by atoms with Gasteiger partial charge in [-0.05, 0) is 12.8 Å². The summed E-state index contributed by atoms with van der Waals surface area (Å²) in [5, 5.41) is 13.3. The Labute approximate surface area is 121 Å². The van der Waals surface area contributed by atoms with Crippen molar-refractivity contribution < 1.29 is 5.11 Å². The number of hydrogen-bond acceptors (Lipinski definition) is 8. The van der Waals surface area contributed by atoms with E-state index in [1.807, 2.05) is 4.90 Å². The van der Waals surface area contributed by atoms with Crippen LogP contribution >= 0.6 is 0 Å². The molecule has 0 saturated heterocycles. The molecule has 0 amide bonds. The van der Waals surface area contributed by atoms with E-state index in [4.69, 9.17) is 5.73 Å². The van der Waals surface area contributed by atoms with Crippen molar-refractivity contribution in [3.63, 3.8) is 0 Å². The lowest BCUT2D eigenvalue weighted by Gasteiger charge is -2.28. The molecule has 3 rings (SSSR count). The number of aromatic nitrogens is 6. The minimum atomic E-state index is 0.0424. The van der Waals surface area contributed by atoms with Crippen LogP contribution in [0.5, 0.6) is 0 Å². The zero-order valence-electron chi connectivity index (χ0n) is 11.6. The fraction of sp³-hybridized carbons (Fsp3) is 0.583. The topological polar surface area (TPSA) is 119 Å². The maximum absolute atomic E-state index is 9.31. The second kappa shape index (κ2) is 6.00. The molecule has 2 aromatic heterocycles. The maximum Gasteiger partial charge on any atom is 0.258 e. The Kier molecular flexibility index (Phi) is 3.91. The van der Waals surface area contributed by atoms with Crippen molar-refractivity contribution in [2.75, 3.05) is 23.8 Å². The molecule has 0 bridgehead atoms. The first-order valence-electron chi connectivity index (χ1n) is 7.02. The molecule has 112 valence electrons. The molecule has 9 nitrogen and oxygen atoms in total. The molecule has 1 aliphatic carbocycles. The number of rotatable bonds is 5. The van der Waals surface area contributed by atoms with Gasteiger partial charge in [-0.25, -0.2) is 4.98 Å². The molecule has 2 heterocycles. The third-order valence-corrected chi connectivity index (χ3v) is 3.62. The molecule has 0 atom stereocenters. The number of nitrogens with zero attached hydrogens (tertiary/aromatic N) is 7. The van der Waals surface area contributed by atoms with Crippen LogP contribution in [0.2, 0.25) is 0 Å². The highest BCUT2D eigenvalue weighted by Gasteiger charge is 2.25. The highest BCUT2D eigenvalue weighted by molar-refractivity contribution is 5.39. The first kappa shape index (κ1) is 13.7. The van der Waals surface area contributed by atoms with Gasteiger partial charge >= 0.3 is 0 Å². The van der Waals surface area contributed by atoms with Crippen LogP contribution in [0.15, 0.2) is 12.7 Å². The van der Waals surface area contributed by atoms with Crippen LogP contribution in [0, 0.1) is 0 Å². The van der Waals surface area contributed by atoms with Crippen LogP contribution in [-0.4, -0.2) is 54.0 Å². The number of hydrogen-bond donors (Lipinski definition) is 2. The summed E-state index contributed by atoms with van der Waals surface area (Å²) in [6.07, 6.45) is 7.42. The molecule has 1 fully saturated rings. The summed E-state index contributed by atoms with van der Waals surface area (Å²) in [4.78, 5) is 18.6. The number of nitrogens with two attached hydrogens (primary N) is 1. The standard InChI is InChI=1S/C12H18N8O/c13-10-16-11(18-12(17-10)20-8-14-7-15-20)19(5-6-21)9-3-1-2-4-9/h7-9,21H,1-6H2,(H2,13,16,17,18). The molecule has 1 aliphatic rings. The minimum Gasteiger partial charge on any atom is -0.395 e. The van der Waals surface area contributed by atoms with Crippen LogP contribution in [0.4, 0.5) is 11.9 Å². The third kappa shape index (κ3) is 2.92. The largest absolute Gasteiger partial charge is 0.395 e. The van der Waals surface area contributed by atoms with Crippen LogP contribution in [-0.2, 0) is 0 Å². The van der Waals surface area contributed by atoms with Crippen LogP contribution < -0.4 is 10.6 Å². The zero-order chi connectivity index (χ0) is 14.7. The Morgan fingerprint density at radius 3 is 2.76 bits per heavy atom. The monoisotopic (exact) mass is 290 g/mol. The molecule has 9 heteroatoms. The second-order valence-corrected chi connectivity index (χ2v) is 4.99. The van der Waals surface area contributed by atoms with Crippen molar-refractivity contribution in [3.05, 3.63) is 12.7 Å². The molecule has 3 N–H and O–H groups in total. The minimum absolute atomic E-state index is 0.0424. The molecular weight excluding hydrogens is 272 g/mol. The summed E-state index contributed by atoms with van der Waals surface area (Å²) in [7, 11) is 0. The van der Waals surface area contributed by atoms with Crippen molar-refractivity contribution >= 4 is 11.9 Å². The van der Waals surface area contributed by atoms with Gasteiger partial charge in [0.1, 0.15) is 12.7 Å². The van der Waals surface area contributed by atoms with Crippen molar-refractivity contribution in [1.29, 1.82) is 0 Å². The summed E-state index contributed by atoms with van der Waals surface area (Å²) in [6, 6.07) is 0.336. The lowest BCUT2D eigenvalue weighted by Crippen LogP contribution is -2.37. The van der Waals surface area contributed by atoms with Gasteiger partial charge in [-0.2, -0.15) is 24.7 Å². The smallest absolute Gasteiger partial charge is 0.258 e. The summed E-state index contributed by atoms with van der Waals surface area (Å²) >= 11 is 0. The summed E-state index contributed by atoms with van der Waals surface area (Å²) in [6.45, 7) is 0.520. The fourth-order valence-electron chi connectivity index (χ4n) is 2.68. The van der Waals surface area contributed by atoms with Gasteiger partial charge < -0.3 is 15.7 Å². The van der Waals surface area contributed by atoms with Gasteiger partial charge in [-0.3, -0.25) is 0 Å². The third-order valence-electron chi connectivity index (χ3n) is 3.62. The Morgan fingerprint density at radius 1 is 1.29 bits per heavy atom. The Balaban J connectivity index is 1.95. The second-order valence-electron chi connectivity index (χ2n) is 4.99. The SMILES string of the molecule is Nc1nc(N(CCO)C2CCCC2)nc(-n2cncn2)n1. The summed E-state index contributed by atoms with van der Waals surface area (Å²) in [5.41, 5.74) is 5.79. The van der Waals surface area contributed by atoms with Gasteiger partial charge in [0.2, 0.25) is 11.9 Å². The van der Waals surface area contributed by atoms with E-state index in [2.05, 4.69) is 25.0 Å². The predicted octanol–water partition coefficient (Wildman–Crippen LogP) is -0.224. The van der Waals surface area contributed by atoms with E-state index in [1.54, 1.807) is 0 Å². The van der Waals surface area contributed by atoms with Gasteiger partial charge in [0.05, 0.1) is 6.61 Å². The van der Waals surface area contributed by atoms with Crippen LogP contribution in [0.3, 0.4) is 0 Å². The van der Waals surface area contributed by atoms with E-state index in [9.17, 15) is 5.11 Å². The highest BCUT2D eigenvalue weighted by atomic mass is 16.3. The number of nitrogen functional groups attached to an aromatic ring is 1. The number of aliphatic hydroxyl groups excluding tert-OH is 1. The van der Waals surface area contributed by atoms with Crippen molar-refractivity contribution in [2.24, 2.45) is 0 Å². The average molecular weight is 290 g/mol. The van der Waals surface area contributed by atoms with Crippen LogP contribution in [0.25, 0.3) is 5.95 Å². The molecule has 2 aromatic rings. The molecule has 1 saturated carbocycles. The summed E-state index contributed by atoms with van der Waals surface area (Å²) < 4.78 is 1.44. The number of anilines is 2. The van der Waals surface area contributed by atoms with Gasteiger partial charge in [0, 0.05) is 12.6 Å². The van der Waals surface area contributed by atoms with Gasteiger partial charge in [0.25, 0.3) is 5.95 Å². The first-order valence-corrected chi connectivity index (χ1v) is 7.02. The van der Waals surface area contributed by atoms with Gasteiger partial charge in [-0.1, -0.05) is 12.8 Å². The number of aliphatic hydroxyl groups is 1. The van der Waals surface area contributed by atoms with E-state index >= 15 is 0 Å². The molecular formula is C12H18N8O. The Bertz CT molecular complexity index is 581. The van der Waals surface area contributed by atoms with Crippen molar-refractivity contribution in [2.45, 2.75) is 31.7 Å². The van der Waals surface area contributed by atoms with E-state index in [-0.39, 0.29) is 12.6 Å². The first-order chi connectivity index (χ1) is 10.3.